The number of aromatic amines is 1. The fourth-order valence-corrected chi connectivity index (χ4v) is 4.37. The molecule has 2 N–H and O–H groups in total. The van der Waals surface area contributed by atoms with Crippen LogP contribution in [0.2, 0.25) is 0 Å². The smallest absolute Gasteiger partial charge is 0.272 e. The highest BCUT2D eigenvalue weighted by molar-refractivity contribution is 8.00. The van der Waals surface area contributed by atoms with Gasteiger partial charge in [0.2, 0.25) is 5.91 Å². The Morgan fingerprint density at radius 3 is 2.87 bits per heavy atom. The minimum atomic E-state index is -0.226. The van der Waals surface area contributed by atoms with E-state index in [0.717, 1.165) is 24.0 Å². The molecule has 23 heavy (non-hydrogen) atoms. The second-order valence-corrected chi connectivity index (χ2v) is 8.39. The molecule has 122 valence electrons. The zero-order chi connectivity index (χ0) is 16.4. The van der Waals surface area contributed by atoms with Gasteiger partial charge in [-0.2, -0.15) is 16.9 Å². The molecule has 0 aliphatic carbocycles. The van der Waals surface area contributed by atoms with Crippen molar-refractivity contribution in [3.05, 3.63) is 40.3 Å². The normalized spacial score (nSPS) is 20.3. The Morgan fingerprint density at radius 2 is 2.13 bits per heavy atom. The van der Waals surface area contributed by atoms with Gasteiger partial charge in [-0.15, -0.1) is 0 Å². The Balaban J connectivity index is 1.74. The number of hydrogen-bond acceptors (Lipinski definition) is 4. The van der Waals surface area contributed by atoms with E-state index in [4.69, 9.17) is 0 Å². The number of hydrogen-bond donors (Lipinski definition) is 2. The molecule has 1 atom stereocenters. The van der Waals surface area contributed by atoms with Gasteiger partial charge < -0.3 is 5.32 Å². The van der Waals surface area contributed by atoms with Crippen LogP contribution >= 0.6 is 11.8 Å². The van der Waals surface area contributed by atoms with Crippen LogP contribution in [0.3, 0.4) is 0 Å². The molecule has 1 aliphatic heterocycles. The van der Waals surface area contributed by atoms with E-state index in [-0.39, 0.29) is 28.7 Å². The lowest BCUT2D eigenvalue weighted by Gasteiger charge is -2.35. The SMILES string of the molecule is CC1(C)CC(NC(=O)Cc2n[nH]c(=O)c3ccccc23)CCS1. The molecular weight excluding hydrogens is 310 g/mol. The van der Waals surface area contributed by atoms with Crippen LogP contribution in [0, 0.1) is 0 Å². The Bertz CT molecular complexity index is 785. The van der Waals surface area contributed by atoms with Crippen molar-refractivity contribution in [3.8, 4) is 0 Å². The van der Waals surface area contributed by atoms with Gasteiger partial charge in [0.15, 0.2) is 0 Å². The summed E-state index contributed by atoms with van der Waals surface area (Å²) < 4.78 is 0.207. The van der Waals surface area contributed by atoms with Crippen molar-refractivity contribution in [1.29, 1.82) is 0 Å². The average Bonchev–Trinajstić information content (AvgIpc) is 2.49. The molecule has 1 aromatic heterocycles. The predicted octanol–water partition coefficient (Wildman–Crippen LogP) is 2.26. The van der Waals surface area contributed by atoms with Gasteiger partial charge in [0.05, 0.1) is 17.5 Å². The van der Waals surface area contributed by atoms with E-state index >= 15 is 0 Å². The molecule has 0 radical (unpaired) electrons. The maximum atomic E-state index is 12.4. The summed E-state index contributed by atoms with van der Waals surface area (Å²) in [6.45, 7) is 4.43. The summed E-state index contributed by atoms with van der Waals surface area (Å²) in [5.74, 6) is 1.03. The van der Waals surface area contributed by atoms with E-state index < -0.39 is 0 Å². The van der Waals surface area contributed by atoms with Crippen molar-refractivity contribution >= 4 is 28.4 Å². The fraction of sp³-hybridized carbons (Fsp3) is 0.471. The first-order valence-electron chi connectivity index (χ1n) is 7.84. The van der Waals surface area contributed by atoms with E-state index in [2.05, 4.69) is 29.4 Å². The predicted molar refractivity (Wildman–Crippen MR) is 93.8 cm³/mol. The van der Waals surface area contributed by atoms with Crippen molar-refractivity contribution in [2.75, 3.05) is 5.75 Å². The maximum absolute atomic E-state index is 12.4. The first-order chi connectivity index (χ1) is 10.9. The van der Waals surface area contributed by atoms with E-state index in [1.807, 2.05) is 30.0 Å². The van der Waals surface area contributed by atoms with Crippen LogP contribution in [0.15, 0.2) is 29.1 Å². The summed E-state index contributed by atoms with van der Waals surface area (Å²) in [7, 11) is 0. The number of thioether (sulfide) groups is 1. The summed E-state index contributed by atoms with van der Waals surface area (Å²) >= 11 is 1.96. The Hall–Kier alpha value is -1.82. The number of nitrogens with one attached hydrogen (secondary N) is 2. The number of aromatic nitrogens is 2. The topological polar surface area (TPSA) is 74.8 Å². The van der Waals surface area contributed by atoms with Gasteiger partial charge >= 0.3 is 0 Å². The number of fused-ring (bicyclic) bond motifs is 1. The molecule has 5 nitrogen and oxygen atoms in total. The molecule has 3 rings (SSSR count). The first-order valence-corrected chi connectivity index (χ1v) is 8.83. The van der Waals surface area contributed by atoms with Crippen LogP contribution < -0.4 is 10.9 Å². The monoisotopic (exact) mass is 331 g/mol. The summed E-state index contributed by atoms with van der Waals surface area (Å²) in [6.07, 6.45) is 2.16. The minimum Gasteiger partial charge on any atom is -0.353 e. The highest BCUT2D eigenvalue weighted by Gasteiger charge is 2.29. The summed E-state index contributed by atoms with van der Waals surface area (Å²) in [6, 6.07) is 7.46. The largest absolute Gasteiger partial charge is 0.353 e. The van der Waals surface area contributed by atoms with Crippen LogP contribution in [-0.4, -0.2) is 32.6 Å². The molecule has 1 amide bonds. The third-order valence-corrected chi connectivity index (χ3v) is 5.55. The van der Waals surface area contributed by atoms with Gasteiger partial charge in [-0.1, -0.05) is 32.0 Å². The minimum absolute atomic E-state index is 0.0394. The lowest BCUT2D eigenvalue weighted by atomic mass is 9.99. The summed E-state index contributed by atoms with van der Waals surface area (Å²) in [5.41, 5.74) is 0.387. The second-order valence-electron chi connectivity index (χ2n) is 6.59. The van der Waals surface area contributed by atoms with Crippen LogP contribution in [0.4, 0.5) is 0 Å². The zero-order valence-electron chi connectivity index (χ0n) is 13.4. The van der Waals surface area contributed by atoms with Gasteiger partial charge in [0.25, 0.3) is 5.56 Å². The standard InChI is InChI=1S/C17H21N3O2S/c1-17(2)10-11(7-8-23-17)18-15(21)9-14-12-5-3-4-6-13(12)16(22)20-19-14/h3-6,11H,7-10H2,1-2H3,(H,18,21)(H,20,22). The van der Waals surface area contributed by atoms with Gasteiger partial charge in [-0.05, 0) is 24.7 Å². The Labute approximate surface area is 139 Å². The number of nitrogens with zero attached hydrogens (tertiary/aromatic N) is 1. The molecule has 0 saturated carbocycles. The Morgan fingerprint density at radius 1 is 1.39 bits per heavy atom. The molecule has 1 saturated heterocycles. The van der Waals surface area contributed by atoms with Crippen LogP contribution in [0.5, 0.6) is 0 Å². The van der Waals surface area contributed by atoms with Crippen molar-refractivity contribution in [2.45, 2.75) is 43.9 Å². The van der Waals surface area contributed by atoms with Gasteiger partial charge in [0.1, 0.15) is 0 Å². The summed E-state index contributed by atoms with van der Waals surface area (Å²) in [5, 5.41) is 11.0. The number of amides is 1. The highest BCUT2D eigenvalue weighted by atomic mass is 32.2. The Kier molecular flexibility index (Phi) is 4.43. The molecule has 0 spiro atoms. The number of H-pyrrole nitrogens is 1. The number of carbonyl (C=O) groups excluding carboxylic acids is 1. The van der Waals surface area contributed by atoms with Crippen LogP contribution in [-0.2, 0) is 11.2 Å². The van der Waals surface area contributed by atoms with Crippen LogP contribution in [0.1, 0.15) is 32.4 Å². The molecule has 2 aromatic rings. The van der Waals surface area contributed by atoms with Gasteiger partial charge in [-0.3, -0.25) is 9.59 Å². The molecule has 6 heteroatoms. The maximum Gasteiger partial charge on any atom is 0.272 e. The number of benzene rings is 1. The first kappa shape index (κ1) is 16.1. The average molecular weight is 331 g/mol. The molecule has 0 bridgehead atoms. The molecule has 1 fully saturated rings. The van der Waals surface area contributed by atoms with Crippen molar-refractivity contribution in [2.24, 2.45) is 0 Å². The van der Waals surface area contributed by atoms with Crippen molar-refractivity contribution in [1.82, 2.24) is 15.5 Å². The molecule has 1 unspecified atom stereocenters. The van der Waals surface area contributed by atoms with E-state index in [1.54, 1.807) is 6.07 Å². The molecule has 2 heterocycles. The van der Waals surface area contributed by atoms with E-state index in [0.29, 0.717) is 11.1 Å². The molecule has 1 aromatic carbocycles. The quantitative estimate of drug-likeness (QED) is 0.905. The summed E-state index contributed by atoms with van der Waals surface area (Å²) in [4.78, 5) is 24.2. The fourth-order valence-electron chi connectivity index (χ4n) is 3.09. The van der Waals surface area contributed by atoms with Crippen molar-refractivity contribution in [3.63, 3.8) is 0 Å². The highest BCUT2D eigenvalue weighted by Crippen LogP contribution is 2.35. The third kappa shape index (κ3) is 3.75. The number of carbonyl (C=O) groups is 1. The van der Waals surface area contributed by atoms with Crippen molar-refractivity contribution < 1.29 is 4.79 Å². The second kappa shape index (κ2) is 6.35. The lowest BCUT2D eigenvalue weighted by molar-refractivity contribution is -0.121. The molecule has 1 aliphatic rings. The van der Waals surface area contributed by atoms with Gasteiger partial charge in [0, 0.05) is 16.2 Å². The van der Waals surface area contributed by atoms with Gasteiger partial charge in [-0.25, -0.2) is 5.10 Å². The third-order valence-electron chi connectivity index (χ3n) is 4.17. The van der Waals surface area contributed by atoms with Crippen LogP contribution in [0.25, 0.3) is 10.8 Å². The lowest BCUT2D eigenvalue weighted by Crippen LogP contribution is -2.43. The number of rotatable bonds is 3. The van der Waals surface area contributed by atoms with E-state index in [1.165, 1.54) is 0 Å². The zero-order valence-corrected chi connectivity index (χ0v) is 14.2. The molecular formula is C17H21N3O2S. The van der Waals surface area contributed by atoms with E-state index in [9.17, 15) is 9.59 Å².